The zero-order valence-electron chi connectivity index (χ0n) is 10.4. The lowest BCUT2D eigenvalue weighted by Gasteiger charge is -2.12. The Kier molecular flexibility index (Phi) is 6.84. The summed E-state index contributed by atoms with van der Waals surface area (Å²) >= 11 is 0. The van der Waals surface area contributed by atoms with Crippen LogP contribution in [0.1, 0.15) is 37.6 Å². The van der Waals surface area contributed by atoms with Crippen LogP contribution in [0.25, 0.3) is 0 Å². The van der Waals surface area contributed by atoms with E-state index in [0.717, 1.165) is 4.90 Å². The molecule has 1 aromatic carbocycles. The largest absolute Gasteiger partial charge is 0.282 e. The fourth-order valence-corrected chi connectivity index (χ4v) is 0.917. The highest BCUT2D eigenvalue weighted by molar-refractivity contribution is 6.03. The normalized spacial score (nSPS) is 8.75. The molecule has 0 aliphatic carbocycles. The maximum absolute atomic E-state index is 11.5. The minimum atomic E-state index is -0.270. The molecule has 0 saturated heterocycles. The van der Waals surface area contributed by atoms with Crippen LogP contribution in [0.15, 0.2) is 30.3 Å². The van der Waals surface area contributed by atoms with Gasteiger partial charge in [-0.05, 0) is 12.1 Å². The first-order valence-corrected chi connectivity index (χ1v) is 5.38. The van der Waals surface area contributed by atoms with Gasteiger partial charge in [-0.25, -0.2) is 0 Å². The predicted octanol–water partition coefficient (Wildman–Crippen LogP) is 2.72. The number of benzene rings is 1. The van der Waals surface area contributed by atoms with Gasteiger partial charge in [0.2, 0.25) is 5.91 Å². The fourth-order valence-electron chi connectivity index (χ4n) is 0.917. The van der Waals surface area contributed by atoms with Crippen molar-refractivity contribution < 1.29 is 9.59 Å². The molecule has 88 valence electrons. The Balaban J connectivity index is 0.000000673. The molecule has 16 heavy (non-hydrogen) atoms. The molecule has 0 saturated carbocycles. The highest BCUT2D eigenvalue weighted by Gasteiger charge is 2.13. The number of carbonyl (C=O) groups is 2. The summed E-state index contributed by atoms with van der Waals surface area (Å²) in [4.78, 5) is 23.4. The molecule has 0 fully saturated rings. The van der Waals surface area contributed by atoms with Crippen molar-refractivity contribution in [3.05, 3.63) is 35.9 Å². The minimum absolute atomic E-state index is 0.256. The van der Waals surface area contributed by atoms with Crippen molar-refractivity contribution in [1.29, 1.82) is 0 Å². The van der Waals surface area contributed by atoms with Crippen molar-refractivity contribution >= 4 is 11.8 Å². The van der Waals surface area contributed by atoms with E-state index in [1.807, 2.05) is 6.07 Å². The van der Waals surface area contributed by atoms with E-state index in [9.17, 15) is 9.59 Å². The van der Waals surface area contributed by atoms with Gasteiger partial charge in [-0.3, -0.25) is 14.5 Å². The second kappa shape index (κ2) is 7.63. The van der Waals surface area contributed by atoms with E-state index in [0.29, 0.717) is 5.56 Å². The van der Waals surface area contributed by atoms with Crippen LogP contribution in [0.2, 0.25) is 0 Å². The van der Waals surface area contributed by atoms with Crippen molar-refractivity contribution in [2.75, 3.05) is 7.05 Å². The van der Waals surface area contributed by atoms with Gasteiger partial charge in [-0.2, -0.15) is 0 Å². The zero-order chi connectivity index (χ0) is 12.6. The third-order valence-corrected chi connectivity index (χ3v) is 1.80. The SMILES string of the molecule is CC(=O)N(C)C(=O)c1ccccc1.CCC. The minimum Gasteiger partial charge on any atom is -0.282 e. The third-order valence-electron chi connectivity index (χ3n) is 1.80. The number of imide groups is 1. The van der Waals surface area contributed by atoms with Crippen LogP contribution in [0, 0.1) is 0 Å². The number of nitrogens with zero attached hydrogens (tertiary/aromatic N) is 1. The summed E-state index contributed by atoms with van der Waals surface area (Å²) < 4.78 is 0. The van der Waals surface area contributed by atoms with E-state index in [1.165, 1.54) is 20.4 Å². The number of amides is 2. The standard InChI is InChI=1S/C10H11NO2.C3H8/c1-8(12)11(2)10(13)9-6-4-3-5-7-9;1-3-2/h3-7H,1-2H3;3H2,1-2H3. The Labute approximate surface area is 97.1 Å². The first-order valence-electron chi connectivity index (χ1n) is 5.38. The average molecular weight is 221 g/mol. The molecule has 0 bridgehead atoms. The van der Waals surface area contributed by atoms with Crippen LogP contribution in [-0.2, 0) is 4.79 Å². The van der Waals surface area contributed by atoms with Gasteiger partial charge in [0, 0.05) is 19.5 Å². The molecule has 1 rings (SSSR count). The lowest BCUT2D eigenvalue weighted by Crippen LogP contribution is -2.30. The predicted molar refractivity (Wildman–Crippen MR) is 65.2 cm³/mol. The summed E-state index contributed by atoms with van der Waals surface area (Å²) in [5, 5.41) is 0. The molecular weight excluding hydrogens is 202 g/mol. The molecule has 0 atom stereocenters. The molecule has 0 aliphatic heterocycles. The first kappa shape index (κ1) is 14.4. The Morgan fingerprint density at radius 1 is 1.12 bits per heavy atom. The highest BCUT2D eigenvalue weighted by atomic mass is 16.2. The molecular formula is C13H19NO2. The molecule has 3 heteroatoms. The molecule has 0 heterocycles. The van der Waals surface area contributed by atoms with Gasteiger partial charge >= 0.3 is 0 Å². The van der Waals surface area contributed by atoms with E-state index >= 15 is 0 Å². The molecule has 0 N–H and O–H groups in total. The quantitative estimate of drug-likeness (QED) is 0.731. The van der Waals surface area contributed by atoms with Gasteiger partial charge < -0.3 is 0 Å². The molecule has 2 amide bonds. The Morgan fingerprint density at radius 3 is 1.94 bits per heavy atom. The summed E-state index contributed by atoms with van der Waals surface area (Å²) in [6, 6.07) is 8.72. The molecule has 0 aliphatic rings. The van der Waals surface area contributed by atoms with Crippen molar-refractivity contribution in [1.82, 2.24) is 4.90 Å². The Morgan fingerprint density at radius 2 is 1.56 bits per heavy atom. The molecule has 0 spiro atoms. The van der Waals surface area contributed by atoms with Gasteiger partial charge in [-0.15, -0.1) is 0 Å². The summed E-state index contributed by atoms with van der Waals surface area (Å²) in [5.74, 6) is -0.526. The van der Waals surface area contributed by atoms with Crippen molar-refractivity contribution in [3.8, 4) is 0 Å². The average Bonchev–Trinajstić information content (AvgIpc) is 2.29. The maximum atomic E-state index is 11.5. The second-order valence-electron chi connectivity index (χ2n) is 3.46. The van der Waals surface area contributed by atoms with Gasteiger partial charge in [0.25, 0.3) is 5.91 Å². The van der Waals surface area contributed by atoms with E-state index < -0.39 is 0 Å². The molecule has 0 aromatic heterocycles. The molecule has 1 aromatic rings. The number of hydrogen-bond donors (Lipinski definition) is 0. The molecule has 0 unspecified atom stereocenters. The lowest BCUT2D eigenvalue weighted by atomic mass is 10.2. The first-order chi connectivity index (χ1) is 7.54. The molecule has 3 nitrogen and oxygen atoms in total. The maximum Gasteiger partial charge on any atom is 0.260 e. The highest BCUT2D eigenvalue weighted by Crippen LogP contribution is 2.02. The van der Waals surface area contributed by atoms with Crippen LogP contribution >= 0.6 is 0 Å². The van der Waals surface area contributed by atoms with E-state index in [2.05, 4.69) is 13.8 Å². The van der Waals surface area contributed by atoms with Crippen molar-refractivity contribution in [2.45, 2.75) is 27.2 Å². The van der Waals surface area contributed by atoms with Crippen LogP contribution in [-0.4, -0.2) is 23.8 Å². The topological polar surface area (TPSA) is 37.4 Å². The van der Waals surface area contributed by atoms with Crippen molar-refractivity contribution in [3.63, 3.8) is 0 Å². The van der Waals surface area contributed by atoms with Crippen LogP contribution in [0.5, 0.6) is 0 Å². The number of rotatable bonds is 1. The van der Waals surface area contributed by atoms with Crippen LogP contribution < -0.4 is 0 Å². The number of carbonyl (C=O) groups excluding carboxylic acids is 2. The van der Waals surface area contributed by atoms with Crippen molar-refractivity contribution in [2.24, 2.45) is 0 Å². The third kappa shape index (κ3) is 4.73. The monoisotopic (exact) mass is 221 g/mol. The smallest absolute Gasteiger partial charge is 0.260 e. The summed E-state index contributed by atoms with van der Waals surface area (Å²) in [7, 11) is 1.47. The Bertz CT molecular complexity index is 333. The summed E-state index contributed by atoms with van der Waals surface area (Å²) in [6.45, 7) is 5.61. The Hall–Kier alpha value is -1.64. The summed E-state index contributed by atoms with van der Waals surface area (Å²) in [6.07, 6.45) is 1.25. The summed E-state index contributed by atoms with van der Waals surface area (Å²) in [5.41, 5.74) is 0.528. The van der Waals surface area contributed by atoms with E-state index in [1.54, 1.807) is 24.3 Å². The van der Waals surface area contributed by atoms with Crippen LogP contribution in [0.4, 0.5) is 0 Å². The number of hydrogen-bond acceptors (Lipinski definition) is 2. The van der Waals surface area contributed by atoms with E-state index in [4.69, 9.17) is 0 Å². The second-order valence-corrected chi connectivity index (χ2v) is 3.46. The van der Waals surface area contributed by atoms with Gasteiger partial charge in [0.05, 0.1) is 0 Å². The fraction of sp³-hybridized carbons (Fsp3) is 0.385. The van der Waals surface area contributed by atoms with Gasteiger partial charge in [-0.1, -0.05) is 38.5 Å². The van der Waals surface area contributed by atoms with Gasteiger partial charge in [0.15, 0.2) is 0 Å². The lowest BCUT2D eigenvalue weighted by molar-refractivity contribution is -0.125. The molecule has 0 radical (unpaired) electrons. The zero-order valence-corrected chi connectivity index (χ0v) is 10.4. The van der Waals surface area contributed by atoms with Gasteiger partial charge in [0.1, 0.15) is 0 Å². The van der Waals surface area contributed by atoms with E-state index in [-0.39, 0.29) is 11.8 Å². The van der Waals surface area contributed by atoms with Crippen LogP contribution in [0.3, 0.4) is 0 Å².